The van der Waals surface area contributed by atoms with E-state index in [1.165, 1.54) is 23.9 Å². The van der Waals surface area contributed by atoms with Crippen molar-refractivity contribution in [2.75, 3.05) is 23.0 Å². The average Bonchev–Trinajstić information content (AvgIpc) is 2.27. The van der Waals surface area contributed by atoms with Gasteiger partial charge >= 0.3 is 0 Å². The molecule has 1 rings (SSSR count). The Kier molecular flexibility index (Phi) is 5.27. The number of sulfone groups is 1. The SMILES string of the molecule is CCS(=O)(=O)CCCSc1ccc(F)cc1N. The van der Waals surface area contributed by atoms with Crippen LogP contribution in [0, 0.1) is 5.82 Å². The molecule has 17 heavy (non-hydrogen) atoms. The molecule has 0 unspecified atom stereocenters. The number of benzene rings is 1. The first-order chi connectivity index (χ1) is 7.94. The van der Waals surface area contributed by atoms with Crippen molar-refractivity contribution in [3.8, 4) is 0 Å². The molecule has 1 aromatic rings. The van der Waals surface area contributed by atoms with Gasteiger partial charge in [-0.15, -0.1) is 11.8 Å². The van der Waals surface area contributed by atoms with E-state index in [1.807, 2.05) is 0 Å². The fourth-order valence-corrected chi connectivity index (χ4v) is 3.21. The third kappa shape index (κ3) is 4.95. The van der Waals surface area contributed by atoms with E-state index in [4.69, 9.17) is 5.73 Å². The first-order valence-corrected chi connectivity index (χ1v) is 8.13. The van der Waals surface area contributed by atoms with E-state index >= 15 is 0 Å². The van der Waals surface area contributed by atoms with E-state index in [0.717, 1.165) is 4.90 Å². The van der Waals surface area contributed by atoms with Crippen LogP contribution in [0.1, 0.15) is 13.3 Å². The van der Waals surface area contributed by atoms with Crippen molar-refractivity contribution in [1.29, 1.82) is 0 Å². The van der Waals surface area contributed by atoms with Gasteiger partial charge in [0.25, 0.3) is 0 Å². The summed E-state index contributed by atoms with van der Waals surface area (Å²) in [5, 5.41) is 0. The highest BCUT2D eigenvalue weighted by Gasteiger charge is 2.07. The molecule has 6 heteroatoms. The number of rotatable bonds is 6. The zero-order chi connectivity index (χ0) is 12.9. The summed E-state index contributed by atoms with van der Waals surface area (Å²) < 4.78 is 35.2. The number of nitrogens with two attached hydrogens (primary N) is 1. The number of nitrogen functional groups attached to an aromatic ring is 1. The highest BCUT2D eigenvalue weighted by Crippen LogP contribution is 2.26. The van der Waals surface area contributed by atoms with E-state index in [0.29, 0.717) is 17.9 Å². The number of thioether (sulfide) groups is 1. The lowest BCUT2D eigenvalue weighted by atomic mass is 10.3. The van der Waals surface area contributed by atoms with Crippen LogP contribution < -0.4 is 5.73 Å². The smallest absolute Gasteiger partial charge is 0.150 e. The van der Waals surface area contributed by atoms with E-state index in [2.05, 4.69) is 0 Å². The molecule has 0 saturated heterocycles. The molecule has 2 N–H and O–H groups in total. The molecule has 0 heterocycles. The highest BCUT2D eigenvalue weighted by molar-refractivity contribution is 7.99. The Morgan fingerprint density at radius 2 is 2.12 bits per heavy atom. The molecule has 1 aromatic carbocycles. The standard InChI is InChI=1S/C11H16FNO2S2/c1-2-17(14,15)7-3-6-16-11-5-4-9(12)8-10(11)13/h4-5,8H,2-3,6-7,13H2,1H3. The Morgan fingerprint density at radius 1 is 1.41 bits per heavy atom. The van der Waals surface area contributed by atoms with E-state index in [-0.39, 0.29) is 17.3 Å². The molecule has 96 valence electrons. The molecule has 0 atom stereocenters. The van der Waals surface area contributed by atoms with E-state index in [1.54, 1.807) is 13.0 Å². The Hall–Kier alpha value is -0.750. The normalized spacial score (nSPS) is 11.6. The molecule has 0 aliphatic rings. The van der Waals surface area contributed by atoms with Crippen LogP contribution >= 0.6 is 11.8 Å². The van der Waals surface area contributed by atoms with Crippen LogP contribution in [0.3, 0.4) is 0 Å². The minimum Gasteiger partial charge on any atom is -0.398 e. The topological polar surface area (TPSA) is 60.2 Å². The van der Waals surface area contributed by atoms with Crippen LogP contribution in [0.2, 0.25) is 0 Å². The summed E-state index contributed by atoms with van der Waals surface area (Å²) in [6.45, 7) is 1.64. The van der Waals surface area contributed by atoms with Crippen molar-refractivity contribution in [2.24, 2.45) is 0 Å². The van der Waals surface area contributed by atoms with Crippen LogP contribution in [-0.4, -0.2) is 25.7 Å². The Bertz CT molecular complexity index is 474. The van der Waals surface area contributed by atoms with Crippen molar-refractivity contribution >= 4 is 27.3 Å². The lowest BCUT2D eigenvalue weighted by molar-refractivity contribution is 0.596. The summed E-state index contributed by atoms with van der Waals surface area (Å²) >= 11 is 1.45. The van der Waals surface area contributed by atoms with Crippen molar-refractivity contribution in [1.82, 2.24) is 0 Å². The highest BCUT2D eigenvalue weighted by atomic mass is 32.2. The second kappa shape index (κ2) is 6.26. The Labute approximate surface area is 106 Å². The second-order valence-electron chi connectivity index (χ2n) is 3.62. The predicted octanol–water partition coefficient (Wildman–Crippen LogP) is 2.32. The number of hydrogen-bond donors (Lipinski definition) is 1. The van der Waals surface area contributed by atoms with Gasteiger partial charge in [-0.25, -0.2) is 12.8 Å². The molecular formula is C11H16FNO2S2. The van der Waals surface area contributed by atoms with Crippen molar-refractivity contribution in [2.45, 2.75) is 18.2 Å². The van der Waals surface area contributed by atoms with Crippen LogP contribution in [0.15, 0.2) is 23.1 Å². The predicted molar refractivity (Wildman–Crippen MR) is 70.5 cm³/mol. The van der Waals surface area contributed by atoms with Crippen LogP contribution in [0.25, 0.3) is 0 Å². The summed E-state index contributed by atoms with van der Waals surface area (Å²) in [4.78, 5) is 0.792. The van der Waals surface area contributed by atoms with Crippen molar-refractivity contribution in [3.05, 3.63) is 24.0 Å². The third-order valence-electron chi connectivity index (χ3n) is 2.27. The zero-order valence-corrected chi connectivity index (χ0v) is 11.3. The molecule has 0 fully saturated rings. The van der Waals surface area contributed by atoms with Crippen molar-refractivity contribution in [3.63, 3.8) is 0 Å². The van der Waals surface area contributed by atoms with Gasteiger partial charge in [0.15, 0.2) is 0 Å². The summed E-state index contributed by atoms with van der Waals surface area (Å²) in [6, 6.07) is 4.23. The number of halogens is 1. The van der Waals surface area contributed by atoms with Crippen LogP contribution in [0.5, 0.6) is 0 Å². The molecular weight excluding hydrogens is 261 g/mol. The fraction of sp³-hybridized carbons (Fsp3) is 0.455. The molecule has 3 nitrogen and oxygen atoms in total. The summed E-state index contributed by atoms with van der Waals surface area (Å²) in [7, 11) is -2.90. The molecule has 0 aliphatic heterocycles. The summed E-state index contributed by atoms with van der Waals surface area (Å²) in [5.74, 6) is 0.670. The minimum atomic E-state index is -2.90. The monoisotopic (exact) mass is 277 g/mol. The zero-order valence-electron chi connectivity index (χ0n) is 9.65. The lowest BCUT2D eigenvalue weighted by Gasteiger charge is -2.05. The average molecular weight is 277 g/mol. The van der Waals surface area contributed by atoms with Gasteiger partial charge in [-0.2, -0.15) is 0 Å². The molecule has 0 bridgehead atoms. The minimum absolute atomic E-state index is 0.177. The van der Waals surface area contributed by atoms with E-state index < -0.39 is 9.84 Å². The van der Waals surface area contributed by atoms with Crippen molar-refractivity contribution < 1.29 is 12.8 Å². The van der Waals surface area contributed by atoms with Gasteiger partial charge in [-0.3, -0.25) is 0 Å². The lowest BCUT2D eigenvalue weighted by Crippen LogP contribution is -2.09. The largest absolute Gasteiger partial charge is 0.398 e. The second-order valence-corrected chi connectivity index (χ2v) is 7.23. The summed E-state index contributed by atoms with van der Waals surface area (Å²) in [6.07, 6.45) is 0.581. The van der Waals surface area contributed by atoms with Gasteiger partial charge in [-0.05, 0) is 30.4 Å². The van der Waals surface area contributed by atoms with Gasteiger partial charge in [0.05, 0.1) is 5.75 Å². The Morgan fingerprint density at radius 3 is 2.71 bits per heavy atom. The number of hydrogen-bond acceptors (Lipinski definition) is 4. The molecule has 0 aliphatic carbocycles. The molecule has 0 radical (unpaired) electrons. The fourth-order valence-electron chi connectivity index (χ4n) is 1.26. The maximum atomic E-state index is 12.8. The maximum Gasteiger partial charge on any atom is 0.150 e. The Balaban J connectivity index is 2.41. The molecule has 0 aromatic heterocycles. The summed E-state index contributed by atoms with van der Waals surface area (Å²) in [5.41, 5.74) is 6.03. The molecule has 0 spiro atoms. The number of anilines is 1. The third-order valence-corrected chi connectivity index (χ3v) is 5.23. The maximum absolute atomic E-state index is 12.8. The van der Waals surface area contributed by atoms with Crippen LogP contribution in [0.4, 0.5) is 10.1 Å². The van der Waals surface area contributed by atoms with Gasteiger partial charge in [0.1, 0.15) is 15.7 Å². The first kappa shape index (κ1) is 14.3. The van der Waals surface area contributed by atoms with Gasteiger partial charge in [-0.1, -0.05) is 6.92 Å². The van der Waals surface area contributed by atoms with Crippen LogP contribution in [-0.2, 0) is 9.84 Å². The van der Waals surface area contributed by atoms with Gasteiger partial charge in [0, 0.05) is 16.3 Å². The quantitative estimate of drug-likeness (QED) is 0.492. The molecule has 0 saturated carbocycles. The molecule has 0 amide bonds. The van der Waals surface area contributed by atoms with E-state index in [9.17, 15) is 12.8 Å². The first-order valence-electron chi connectivity index (χ1n) is 5.33. The van der Waals surface area contributed by atoms with Gasteiger partial charge in [0.2, 0.25) is 0 Å². The van der Waals surface area contributed by atoms with Gasteiger partial charge < -0.3 is 5.73 Å².